The molecule has 0 saturated heterocycles. The van der Waals surface area contributed by atoms with Crippen LogP contribution in [0.25, 0.3) is 0 Å². The quantitative estimate of drug-likeness (QED) is 0.797. The molecule has 5 heteroatoms. The smallest absolute Gasteiger partial charge is 0.417 e. The van der Waals surface area contributed by atoms with Crippen LogP contribution in [0.1, 0.15) is 31.1 Å². The van der Waals surface area contributed by atoms with E-state index in [1.54, 1.807) is 45.0 Å². The fourth-order valence-electron chi connectivity index (χ4n) is 1.20. The van der Waals surface area contributed by atoms with E-state index in [-0.39, 0.29) is 0 Å². The van der Waals surface area contributed by atoms with Crippen LogP contribution in [0.15, 0.2) is 28.7 Å². The van der Waals surface area contributed by atoms with Crippen molar-refractivity contribution in [2.24, 2.45) is 0 Å². The van der Waals surface area contributed by atoms with E-state index in [4.69, 9.17) is 4.74 Å². The molecule has 0 atom stereocenters. The molecule has 0 heterocycles. The first-order valence-corrected chi connectivity index (χ1v) is 6.26. The Morgan fingerprint density at radius 1 is 1.17 bits per heavy atom. The summed E-state index contributed by atoms with van der Waals surface area (Å²) in [7, 11) is 1.40. The van der Waals surface area contributed by atoms with Crippen molar-refractivity contribution in [2.75, 3.05) is 7.05 Å². The van der Waals surface area contributed by atoms with Crippen molar-refractivity contribution >= 4 is 27.9 Å². The molecular weight excluding hydrogens is 298 g/mol. The maximum Gasteiger partial charge on any atom is 0.417 e. The molecule has 18 heavy (non-hydrogen) atoms. The van der Waals surface area contributed by atoms with Crippen LogP contribution in [0, 0.1) is 0 Å². The standard InChI is InChI=1S/C13H16BrNO3/c1-13(2,3)18-12(17)15(4)11(16)9-5-7-10(14)8-6-9/h5-8H,1-4H3. The molecule has 2 amide bonds. The largest absolute Gasteiger partial charge is 0.443 e. The van der Waals surface area contributed by atoms with Gasteiger partial charge in [0.15, 0.2) is 0 Å². The second-order valence-corrected chi connectivity index (χ2v) is 5.77. The first-order chi connectivity index (χ1) is 8.20. The van der Waals surface area contributed by atoms with E-state index >= 15 is 0 Å². The maximum absolute atomic E-state index is 12.0. The summed E-state index contributed by atoms with van der Waals surface area (Å²) in [5.74, 6) is -0.392. The lowest BCUT2D eigenvalue weighted by molar-refractivity contribution is 0.0285. The number of halogens is 1. The van der Waals surface area contributed by atoms with Gasteiger partial charge in [-0.25, -0.2) is 9.69 Å². The Balaban J connectivity index is 2.78. The molecule has 1 aromatic rings. The highest BCUT2D eigenvalue weighted by Crippen LogP contribution is 2.14. The Hall–Kier alpha value is -1.36. The molecule has 0 aliphatic rings. The number of amides is 2. The lowest BCUT2D eigenvalue weighted by atomic mass is 10.2. The monoisotopic (exact) mass is 313 g/mol. The average molecular weight is 314 g/mol. The minimum atomic E-state index is -0.657. The van der Waals surface area contributed by atoms with Crippen molar-refractivity contribution in [1.82, 2.24) is 4.90 Å². The number of imide groups is 1. The number of rotatable bonds is 1. The second kappa shape index (κ2) is 5.52. The van der Waals surface area contributed by atoms with E-state index in [0.29, 0.717) is 5.56 Å². The molecule has 1 aromatic carbocycles. The summed E-state index contributed by atoms with van der Waals surface area (Å²) in [6, 6.07) is 6.78. The van der Waals surface area contributed by atoms with Gasteiger partial charge >= 0.3 is 6.09 Å². The van der Waals surface area contributed by atoms with Gasteiger partial charge < -0.3 is 4.74 Å². The number of benzene rings is 1. The highest BCUT2D eigenvalue weighted by Gasteiger charge is 2.24. The molecule has 0 spiro atoms. The molecule has 0 N–H and O–H groups in total. The summed E-state index contributed by atoms with van der Waals surface area (Å²) in [6.45, 7) is 5.26. The van der Waals surface area contributed by atoms with Crippen molar-refractivity contribution in [1.29, 1.82) is 0 Å². The van der Waals surface area contributed by atoms with Gasteiger partial charge in [0.25, 0.3) is 5.91 Å². The Morgan fingerprint density at radius 2 is 1.67 bits per heavy atom. The number of ether oxygens (including phenoxy) is 1. The van der Waals surface area contributed by atoms with Crippen LogP contribution in [-0.2, 0) is 4.74 Å². The first kappa shape index (κ1) is 14.7. The predicted molar refractivity (Wildman–Crippen MR) is 72.5 cm³/mol. The van der Waals surface area contributed by atoms with Gasteiger partial charge in [-0.05, 0) is 45.0 Å². The highest BCUT2D eigenvalue weighted by atomic mass is 79.9. The Bertz CT molecular complexity index is 448. The summed E-state index contributed by atoms with van der Waals surface area (Å²) in [5.41, 5.74) is -0.183. The SMILES string of the molecule is CN(C(=O)OC(C)(C)C)C(=O)c1ccc(Br)cc1. The van der Waals surface area contributed by atoms with Crippen molar-refractivity contribution in [3.63, 3.8) is 0 Å². The van der Waals surface area contributed by atoms with Gasteiger partial charge in [0.05, 0.1) is 0 Å². The predicted octanol–water partition coefficient (Wildman–Crippen LogP) is 3.46. The molecule has 0 saturated carbocycles. The van der Waals surface area contributed by atoms with Crippen molar-refractivity contribution < 1.29 is 14.3 Å². The fraction of sp³-hybridized carbons (Fsp3) is 0.385. The molecule has 4 nitrogen and oxygen atoms in total. The van der Waals surface area contributed by atoms with Gasteiger partial charge in [0.2, 0.25) is 0 Å². The number of hydrogen-bond acceptors (Lipinski definition) is 3. The summed E-state index contributed by atoms with van der Waals surface area (Å²) >= 11 is 3.28. The first-order valence-electron chi connectivity index (χ1n) is 5.47. The van der Waals surface area contributed by atoms with Gasteiger partial charge in [0.1, 0.15) is 5.60 Å². The van der Waals surface area contributed by atoms with Gasteiger partial charge in [-0.3, -0.25) is 4.79 Å². The van der Waals surface area contributed by atoms with Gasteiger partial charge in [-0.15, -0.1) is 0 Å². The fourth-order valence-corrected chi connectivity index (χ4v) is 1.46. The van der Waals surface area contributed by atoms with Gasteiger partial charge in [0, 0.05) is 17.1 Å². The number of carbonyl (C=O) groups excluding carboxylic acids is 2. The normalized spacial score (nSPS) is 10.9. The zero-order valence-corrected chi connectivity index (χ0v) is 12.4. The topological polar surface area (TPSA) is 46.6 Å². The number of carbonyl (C=O) groups is 2. The average Bonchev–Trinajstić information content (AvgIpc) is 2.26. The van der Waals surface area contributed by atoms with E-state index in [0.717, 1.165) is 9.37 Å². The van der Waals surface area contributed by atoms with E-state index in [9.17, 15) is 9.59 Å². The third-order valence-electron chi connectivity index (χ3n) is 2.06. The summed E-state index contributed by atoms with van der Waals surface area (Å²) in [4.78, 5) is 24.7. The molecule has 0 radical (unpaired) electrons. The molecule has 0 aliphatic carbocycles. The maximum atomic E-state index is 12.0. The summed E-state index contributed by atoms with van der Waals surface area (Å²) < 4.78 is 6.00. The summed E-state index contributed by atoms with van der Waals surface area (Å²) in [6.07, 6.45) is -0.657. The molecular formula is C13H16BrNO3. The van der Waals surface area contributed by atoms with Crippen LogP contribution < -0.4 is 0 Å². The van der Waals surface area contributed by atoms with E-state index in [1.165, 1.54) is 7.05 Å². The molecule has 0 aliphatic heterocycles. The highest BCUT2D eigenvalue weighted by molar-refractivity contribution is 9.10. The van der Waals surface area contributed by atoms with Crippen LogP contribution in [0.5, 0.6) is 0 Å². The minimum Gasteiger partial charge on any atom is -0.443 e. The lowest BCUT2D eigenvalue weighted by Crippen LogP contribution is -2.38. The third-order valence-corrected chi connectivity index (χ3v) is 2.59. The molecule has 0 fully saturated rings. The molecule has 1 rings (SSSR count). The second-order valence-electron chi connectivity index (χ2n) is 4.85. The van der Waals surface area contributed by atoms with Crippen LogP contribution >= 0.6 is 15.9 Å². The van der Waals surface area contributed by atoms with Crippen molar-refractivity contribution in [3.8, 4) is 0 Å². The van der Waals surface area contributed by atoms with Gasteiger partial charge in [-0.1, -0.05) is 15.9 Å². The number of nitrogens with zero attached hydrogens (tertiary/aromatic N) is 1. The van der Waals surface area contributed by atoms with Crippen LogP contribution in [-0.4, -0.2) is 29.5 Å². The Kier molecular flexibility index (Phi) is 4.51. The third kappa shape index (κ3) is 4.14. The van der Waals surface area contributed by atoms with E-state index < -0.39 is 17.6 Å². The molecule has 0 aromatic heterocycles. The number of hydrogen-bond donors (Lipinski definition) is 0. The van der Waals surface area contributed by atoms with Crippen LogP contribution in [0.3, 0.4) is 0 Å². The molecule has 0 unspecified atom stereocenters. The minimum absolute atomic E-state index is 0.392. The Labute approximate surface area is 115 Å². The Morgan fingerprint density at radius 3 is 2.11 bits per heavy atom. The summed E-state index contributed by atoms with van der Waals surface area (Å²) in [5, 5.41) is 0. The van der Waals surface area contributed by atoms with Gasteiger partial charge in [-0.2, -0.15) is 0 Å². The zero-order chi connectivity index (χ0) is 13.9. The van der Waals surface area contributed by atoms with Crippen LogP contribution in [0.4, 0.5) is 4.79 Å². The van der Waals surface area contributed by atoms with Crippen LogP contribution in [0.2, 0.25) is 0 Å². The van der Waals surface area contributed by atoms with E-state index in [2.05, 4.69) is 15.9 Å². The zero-order valence-electron chi connectivity index (χ0n) is 10.9. The van der Waals surface area contributed by atoms with Crippen molar-refractivity contribution in [2.45, 2.75) is 26.4 Å². The lowest BCUT2D eigenvalue weighted by Gasteiger charge is -2.23. The van der Waals surface area contributed by atoms with E-state index in [1.807, 2.05) is 0 Å². The molecule has 0 bridgehead atoms. The van der Waals surface area contributed by atoms with Crippen molar-refractivity contribution in [3.05, 3.63) is 34.3 Å². The molecule has 98 valence electrons.